The molecule has 2 aliphatic heterocycles. The van der Waals surface area contributed by atoms with Crippen LogP contribution in [0.5, 0.6) is 0 Å². The van der Waals surface area contributed by atoms with Gasteiger partial charge in [0, 0.05) is 18.5 Å². The monoisotopic (exact) mass is 221 g/mol. The number of nitrogens with zero attached hydrogens (tertiary/aromatic N) is 3. The van der Waals surface area contributed by atoms with Gasteiger partial charge in [-0.3, -0.25) is 9.98 Å². The molecule has 0 aromatic rings. The first kappa shape index (κ1) is 9.98. The molecule has 0 saturated carbocycles. The largest absolute Gasteiger partial charge is 0.292 e. The van der Waals surface area contributed by atoms with E-state index < -0.39 is 0 Å². The van der Waals surface area contributed by atoms with Crippen molar-refractivity contribution in [2.45, 2.75) is 6.42 Å². The maximum absolute atomic E-state index is 8.76. The SMILES string of the molecule is N#CC=C1C=CC2=NC=CC=C3C=NCC32C1. The second-order valence-corrected chi connectivity index (χ2v) is 4.39. The average Bonchev–Trinajstić information content (AvgIpc) is 2.63. The van der Waals surface area contributed by atoms with Crippen molar-refractivity contribution in [2.75, 3.05) is 6.54 Å². The van der Waals surface area contributed by atoms with Crippen LogP contribution in [0.4, 0.5) is 0 Å². The summed E-state index contributed by atoms with van der Waals surface area (Å²) in [6.07, 6.45) is 14.2. The Morgan fingerprint density at radius 2 is 2.35 bits per heavy atom. The lowest BCUT2D eigenvalue weighted by molar-refractivity contribution is 0.548. The standard InChI is InChI=1S/C14H11N3/c15-6-5-11-3-4-13-14(8-11)10-16-9-12(14)2-1-7-17-13/h1-5,7,9H,8,10H2. The van der Waals surface area contributed by atoms with Crippen molar-refractivity contribution < 1.29 is 0 Å². The zero-order chi connectivity index (χ0) is 11.7. The molecule has 3 rings (SSSR count). The van der Waals surface area contributed by atoms with Gasteiger partial charge in [0.2, 0.25) is 0 Å². The lowest BCUT2D eigenvalue weighted by atomic mass is 9.70. The van der Waals surface area contributed by atoms with Crippen molar-refractivity contribution >= 4 is 11.9 Å². The summed E-state index contributed by atoms with van der Waals surface area (Å²) in [5.41, 5.74) is 3.15. The van der Waals surface area contributed by atoms with E-state index in [-0.39, 0.29) is 5.41 Å². The Bertz CT molecular complexity index is 579. The molecular formula is C14H11N3. The fraction of sp³-hybridized carbons (Fsp3) is 0.214. The predicted molar refractivity (Wildman–Crippen MR) is 67.9 cm³/mol. The quantitative estimate of drug-likeness (QED) is 0.579. The third-order valence-electron chi connectivity index (χ3n) is 3.42. The van der Waals surface area contributed by atoms with E-state index in [0.717, 1.165) is 24.3 Å². The predicted octanol–water partition coefficient (Wildman–Crippen LogP) is 2.36. The molecule has 0 bridgehead atoms. The van der Waals surface area contributed by atoms with Crippen molar-refractivity contribution in [1.82, 2.24) is 0 Å². The zero-order valence-electron chi connectivity index (χ0n) is 9.30. The van der Waals surface area contributed by atoms with Crippen LogP contribution in [0.3, 0.4) is 0 Å². The minimum absolute atomic E-state index is 0.138. The third kappa shape index (κ3) is 1.42. The van der Waals surface area contributed by atoms with E-state index in [4.69, 9.17) is 5.26 Å². The van der Waals surface area contributed by atoms with E-state index in [2.05, 4.69) is 22.1 Å². The van der Waals surface area contributed by atoms with E-state index in [1.165, 1.54) is 5.57 Å². The maximum Gasteiger partial charge on any atom is 0.0914 e. The Morgan fingerprint density at radius 1 is 1.41 bits per heavy atom. The summed E-state index contributed by atoms with van der Waals surface area (Å²) in [5, 5.41) is 8.76. The van der Waals surface area contributed by atoms with Crippen molar-refractivity contribution in [1.29, 1.82) is 5.26 Å². The van der Waals surface area contributed by atoms with E-state index >= 15 is 0 Å². The maximum atomic E-state index is 8.76. The second-order valence-electron chi connectivity index (χ2n) is 4.39. The van der Waals surface area contributed by atoms with Crippen molar-refractivity contribution in [3.63, 3.8) is 0 Å². The zero-order valence-corrected chi connectivity index (χ0v) is 9.30. The molecular weight excluding hydrogens is 210 g/mol. The number of allylic oxidation sites excluding steroid dienone is 6. The molecule has 2 heterocycles. The number of hydrogen-bond donors (Lipinski definition) is 0. The minimum Gasteiger partial charge on any atom is -0.292 e. The molecule has 0 aromatic heterocycles. The first-order chi connectivity index (χ1) is 8.35. The average molecular weight is 221 g/mol. The van der Waals surface area contributed by atoms with Gasteiger partial charge in [-0.15, -0.1) is 0 Å². The van der Waals surface area contributed by atoms with Gasteiger partial charge in [-0.05, 0) is 29.7 Å². The summed E-state index contributed by atoms with van der Waals surface area (Å²) in [6, 6.07) is 2.10. The molecule has 3 aliphatic rings. The van der Waals surface area contributed by atoms with Gasteiger partial charge in [-0.2, -0.15) is 5.26 Å². The molecule has 0 aromatic carbocycles. The van der Waals surface area contributed by atoms with Crippen LogP contribution in [-0.4, -0.2) is 18.5 Å². The highest BCUT2D eigenvalue weighted by Gasteiger charge is 2.42. The van der Waals surface area contributed by atoms with Gasteiger partial charge in [0.25, 0.3) is 0 Å². The summed E-state index contributed by atoms with van der Waals surface area (Å²) in [7, 11) is 0. The van der Waals surface area contributed by atoms with Gasteiger partial charge in [-0.25, -0.2) is 0 Å². The van der Waals surface area contributed by atoms with E-state index in [1.54, 1.807) is 6.08 Å². The van der Waals surface area contributed by atoms with Gasteiger partial charge >= 0.3 is 0 Å². The van der Waals surface area contributed by atoms with Crippen LogP contribution in [0, 0.1) is 16.7 Å². The normalized spacial score (nSPS) is 31.4. The first-order valence-electron chi connectivity index (χ1n) is 5.57. The number of hydrogen-bond acceptors (Lipinski definition) is 3. The lowest BCUT2D eigenvalue weighted by Gasteiger charge is -2.32. The Labute approximate surface area is 99.9 Å². The highest BCUT2D eigenvalue weighted by atomic mass is 14.8. The molecule has 0 amide bonds. The van der Waals surface area contributed by atoms with E-state index in [0.29, 0.717) is 0 Å². The molecule has 3 nitrogen and oxygen atoms in total. The molecule has 17 heavy (non-hydrogen) atoms. The topological polar surface area (TPSA) is 48.5 Å². The highest BCUT2D eigenvalue weighted by Crippen LogP contribution is 2.43. The number of nitriles is 1. The molecule has 0 saturated heterocycles. The minimum atomic E-state index is -0.138. The van der Waals surface area contributed by atoms with Crippen LogP contribution in [0.2, 0.25) is 0 Å². The smallest absolute Gasteiger partial charge is 0.0914 e. The van der Waals surface area contributed by atoms with Crippen molar-refractivity contribution in [2.24, 2.45) is 15.4 Å². The van der Waals surface area contributed by atoms with Crippen LogP contribution in [-0.2, 0) is 0 Å². The molecule has 1 unspecified atom stereocenters. The fourth-order valence-corrected chi connectivity index (χ4v) is 2.57. The van der Waals surface area contributed by atoms with E-state index in [1.807, 2.05) is 30.6 Å². The van der Waals surface area contributed by atoms with Gasteiger partial charge in [0.05, 0.1) is 23.7 Å². The molecule has 82 valence electrons. The van der Waals surface area contributed by atoms with Crippen molar-refractivity contribution in [3.05, 3.63) is 47.7 Å². The number of aliphatic imine (C=N–C) groups is 2. The molecule has 1 aliphatic carbocycles. The first-order valence-corrected chi connectivity index (χ1v) is 5.57. The molecule has 1 atom stereocenters. The van der Waals surface area contributed by atoms with Gasteiger partial charge in [-0.1, -0.05) is 12.2 Å². The Morgan fingerprint density at radius 3 is 3.24 bits per heavy atom. The second kappa shape index (κ2) is 3.67. The molecule has 0 radical (unpaired) electrons. The van der Waals surface area contributed by atoms with Crippen LogP contribution >= 0.6 is 0 Å². The molecule has 3 heteroatoms. The molecule has 1 spiro atoms. The van der Waals surface area contributed by atoms with Gasteiger partial charge < -0.3 is 0 Å². The van der Waals surface area contributed by atoms with Gasteiger partial charge in [0.15, 0.2) is 0 Å². The number of rotatable bonds is 0. The Balaban J connectivity index is 2.14. The summed E-state index contributed by atoms with van der Waals surface area (Å²) in [4.78, 5) is 8.87. The van der Waals surface area contributed by atoms with Crippen molar-refractivity contribution in [3.8, 4) is 6.07 Å². The Hall–Kier alpha value is -2.21. The molecule has 0 fully saturated rings. The van der Waals surface area contributed by atoms with Crippen LogP contribution < -0.4 is 0 Å². The van der Waals surface area contributed by atoms with Crippen LogP contribution in [0.1, 0.15) is 6.42 Å². The van der Waals surface area contributed by atoms with Crippen LogP contribution in [0.15, 0.2) is 57.7 Å². The summed E-state index contributed by atoms with van der Waals surface area (Å²) >= 11 is 0. The fourth-order valence-electron chi connectivity index (χ4n) is 2.57. The van der Waals surface area contributed by atoms with Gasteiger partial charge in [0.1, 0.15) is 0 Å². The van der Waals surface area contributed by atoms with E-state index in [9.17, 15) is 0 Å². The highest BCUT2D eigenvalue weighted by molar-refractivity contribution is 6.10. The molecule has 0 N–H and O–H groups in total. The summed E-state index contributed by atoms with van der Waals surface area (Å²) in [6.45, 7) is 0.729. The lowest BCUT2D eigenvalue weighted by Crippen LogP contribution is -2.35. The van der Waals surface area contributed by atoms with Crippen LogP contribution in [0.25, 0.3) is 0 Å². The summed E-state index contributed by atoms with van der Waals surface area (Å²) in [5.74, 6) is 0. The Kier molecular flexibility index (Phi) is 2.15. The summed E-state index contributed by atoms with van der Waals surface area (Å²) < 4.78 is 0. The third-order valence-corrected chi connectivity index (χ3v) is 3.42.